The van der Waals surface area contributed by atoms with E-state index < -0.39 is 5.41 Å². The molecule has 0 unspecified atom stereocenters. The lowest BCUT2D eigenvalue weighted by Crippen LogP contribution is -2.43. The fourth-order valence-corrected chi connectivity index (χ4v) is 2.54. The highest BCUT2D eigenvalue weighted by atomic mass is 16.2. The summed E-state index contributed by atoms with van der Waals surface area (Å²) in [6.45, 7) is 7.12. The van der Waals surface area contributed by atoms with Crippen LogP contribution in [0.15, 0.2) is 86.0 Å². The summed E-state index contributed by atoms with van der Waals surface area (Å²) in [4.78, 5) is 25.3. The second-order valence-electron chi connectivity index (χ2n) is 4.62. The molecule has 0 saturated heterocycles. The Balaban J connectivity index is 2.85. The van der Waals surface area contributed by atoms with E-state index in [1.165, 1.54) is 12.2 Å². The molecule has 0 fully saturated rings. The van der Waals surface area contributed by atoms with Crippen LogP contribution in [0.4, 0.5) is 0 Å². The van der Waals surface area contributed by atoms with Crippen molar-refractivity contribution in [3.8, 4) is 0 Å². The van der Waals surface area contributed by atoms with E-state index in [0.717, 1.165) is 0 Å². The molecule has 0 bridgehead atoms. The zero-order valence-corrected chi connectivity index (χ0v) is 11.7. The molecular weight excluding hydrogens is 260 g/mol. The number of allylic oxidation sites excluding steroid dienone is 2. The van der Waals surface area contributed by atoms with Gasteiger partial charge in [-0.3, -0.25) is 9.59 Å². The topological polar surface area (TPSA) is 34.1 Å². The number of benzene rings is 2. The molecule has 2 rings (SSSR count). The van der Waals surface area contributed by atoms with E-state index in [2.05, 4.69) is 13.2 Å². The molecule has 2 nitrogen and oxygen atoms in total. The molecule has 21 heavy (non-hydrogen) atoms. The Bertz CT molecular complexity index is 608. The first-order chi connectivity index (χ1) is 10.2. The molecule has 0 N–H and O–H groups in total. The minimum absolute atomic E-state index is 0.357. The molecule has 0 saturated carbocycles. The Labute approximate surface area is 124 Å². The van der Waals surface area contributed by atoms with Gasteiger partial charge in [-0.05, 0) is 23.3 Å². The summed E-state index contributed by atoms with van der Waals surface area (Å²) in [7, 11) is 0. The van der Waals surface area contributed by atoms with Crippen LogP contribution in [0.25, 0.3) is 0 Å². The molecule has 0 radical (unpaired) electrons. The van der Waals surface area contributed by atoms with Crippen LogP contribution >= 0.6 is 0 Å². The van der Waals surface area contributed by atoms with E-state index >= 15 is 0 Å². The van der Waals surface area contributed by atoms with Gasteiger partial charge in [-0.25, -0.2) is 0 Å². The summed E-state index contributed by atoms with van der Waals surface area (Å²) < 4.78 is 0. The summed E-state index contributed by atoms with van der Waals surface area (Å²) >= 11 is 0. The molecule has 0 atom stereocenters. The average Bonchev–Trinajstić information content (AvgIpc) is 2.57. The third-order valence-corrected chi connectivity index (χ3v) is 3.52. The van der Waals surface area contributed by atoms with Gasteiger partial charge in [0.15, 0.2) is 11.6 Å². The Kier molecular flexibility index (Phi) is 4.29. The molecule has 104 valence electrons. The van der Waals surface area contributed by atoms with Gasteiger partial charge in [-0.2, -0.15) is 0 Å². The smallest absolute Gasteiger partial charge is 0.177 e. The molecule has 2 aromatic carbocycles. The van der Waals surface area contributed by atoms with E-state index in [9.17, 15) is 9.59 Å². The number of carbonyl (C=O) groups excluding carboxylic acids is 2. The maximum Gasteiger partial charge on any atom is 0.177 e. The predicted molar refractivity (Wildman–Crippen MR) is 84.1 cm³/mol. The Hall–Kier alpha value is -2.74. The fourth-order valence-electron chi connectivity index (χ4n) is 2.54. The van der Waals surface area contributed by atoms with E-state index in [0.29, 0.717) is 11.1 Å². The van der Waals surface area contributed by atoms with Crippen molar-refractivity contribution in [2.75, 3.05) is 0 Å². The minimum Gasteiger partial charge on any atom is -0.293 e. The van der Waals surface area contributed by atoms with Crippen molar-refractivity contribution in [3.63, 3.8) is 0 Å². The van der Waals surface area contributed by atoms with Crippen LogP contribution in [-0.2, 0) is 15.0 Å². The number of carbonyl (C=O) groups is 2. The SMILES string of the molecule is C=CC(=O)C(C(=O)C=C)(c1ccccc1)c1ccccc1. The third kappa shape index (κ3) is 2.36. The molecule has 2 heteroatoms. The standard InChI is InChI=1S/C19H16O2/c1-3-17(20)19(18(21)4-2,15-11-7-5-8-12-15)16-13-9-6-10-14-16/h3-14H,1-2H2. The van der Waals surface area contributed by atoms with Gasteiger partial charge in [0.2, 0.25) is 0 Å². The maximum absolute atomic E-state index is 12.6. The summed E-state index contributed by atoms with van der Waals surface area (Å²) in [6.07, 6.45) is 2.39. The average molecular weight is 276 g/mol. The van der Waals surface area contributed by atoms with E-state index in [4.69, 9.17) is 0 Å². The van der Waals surface area contributed by atoms with Crippen molar-refractivity contribution >= 4 is 11.6 Å². The Morgan fingerprint density at radius 2 is 1.05 bits per heavy atom. The summed E-state index contributed by atoms with van der Waals surface area (Å²) in [6, 6.07) is 18.0. The lowest BCUT2D eigenvalue weighted by molar-refractivity contribution is -0.127. The van der Waals surface area contributed by atoms with Gasteiger partial charge in [0.05, 0.1) is 0 Å². The summed E-state index contributed by atoms with van der Waals surface area (Å²) in [5.74, 6) is -0.713. The van der Waals surface area contributed by atoms with Crippen molar-refractivity contribution in [1.29, 1.82) is 0 Å². The number of hydrogen-bond donors (Lipinski definition) is 0. The number of ketones is 2. The number of hydrogen-bond acceptors (Lipinski definition) is 2. The molecule has 0 heterocycles. The van der Waals surface area contributed by atoms with Gasteiger partial charge in [0.1, 0.15) is 5.41 Å². The molecule has 0 aliphatic heterocycles. The predicted octanol–water partition coefficient (Wildman–Crippen LogP) is 3.48. The Morgan fingerprint density at radius 1 is 0.714 bits per heavy atom. The monoisotopic (exact) mass is 276 g/mol. The molecule has 0 amide bonds. The van der Waals surface area contributed by atoms with Crippen LogP contribution in [-0.4, -0.2) is 11.6 Å². The second-order valence-corrected chi connectivity index (χ2v) is 4.62. The zero-order valence-electron chi connectivity index (χ0n) is 11.7. The first kappa shape index (κ1) is 14.7. The highest BCUT2D eigenvalue weighted by molar-refractivity contribution is 6.22. The van der Waals surface area contributed by atoms with Crippen LogP contribution < -0.4 is 0 Å². The van der Waals surface area contributed by atoms with Crippen LogP contribution in [0.3, 0.4) is 0 Å². The second kappa shape index (κ2) is 6.14. The van der Waals surface area contributed by atoms with Gasteiger partial charge in [0, 0.05) is 0 Å². The third-order valence-electron chi connectivity index (χ3n) is 3.52. The van der Waals surface area contributed by atoms with Crippen LogP contribution in [0.1, 0.15) is 11.1 Å². The normalized spacial score (nSPS) is 10.7. The maximum atomic E-state index is 12.6. The summed E-state index contributed by atoms with van der Waals surface area (Å²) in [5.41, 5.74) is -0.177. The lowest BCUT2D eigenvalue weighted by atomic mass is 9.68. The lowest BCUT2D eigenvalue weighted by Gasteiger charge is -2.30. The molecule has 0 aliphatic carbocycles. The zero-order chi connectivity index (χ0) is 15.3. The van der Waals surface area contributed by atoms with Gasteiger partial charge in [-0.15, -0.1) is 0 Å². The van der Waals surface area contributed by atoms with E-state index in [1.54, 1.807) is 48.5 Å². The number of rotatable bonds is 6. The molecular formula is C19H16O2. The quantitative estimate of drug-likeness (QED) is 0.598. The molecule has 0 spiro atoms. The van der Waals surface area contributed by atoms with Crippen molar-refractivity contribution in [2.45, 2.75) is 5.41 Å². The molecule has 2 aromatic rings. The first-order valence-electron chi connectivity index (χ1n) is 6.62. The van der Waals surface area contributed by atoms with E-state index in [-0.39, 0.29) is 11.6 Å². The van der Waals surface area contributed by atoms with Crippen LogP contribution in [0, 0.1) is 0 Å². The van der Waals surface area contributed by atoms with Crippen molar-refractivity contribution < 1.29 is 9.59 Å². The Morgan fingerprint density at radius 3 is 1.33 bits per heavy atom. The van der Waals surface area contributed by atoms with Crippen molar-refractivity contribution in [1.82, 2.24) is 0 Å². The first-order valence-corrected chi connectivity index (χ1v) is 6.62. The van der Waals surface area contributed by atoms with Crippen LogP contribution in [0.5, 0.6) is 0 Å². The minimum atomic E-state index is -1.41. The fraction of sp³-hybridized carbons (Fsp3) is 0.0526. The van der Waals surface area contributed by atoms with Gasteiger partial charge in [0.25, 0.3) is 0 Å². The van der Waals surface area contributed by atoms with E-state index in [1.807, 2.05) is 12.1 Å². The largest absolute Gasteiger partial charge is 0.293 e. The molecule has 0 aromatic heterocycles. The van der Waals surface area contributed by atoms with Gasteiger partial charge in [-0.1, -0.05) is 73.8 Å². The van der Waals surface area contributed by atoms with Crippen molar-refractivity contribution in [3.05, 3.63) is 97.1 Å². The highest BCUT2D eigenvalue weighted by Crippen LogP contribution is 2.35. The molecule has 0 aliphatic rings. The van der Waals surface area contributed by atoms with Crippen molar-refractivity contribution in [2.24, 2.45) is 0 Å². The summed E-state index contributed by atoms with van der Waals surface area (Å²) in [5, 5.41) is 0. The highest BCUT2D eigenvalue weighted by Gasteiger charge is 2.45. The van der Waals surface area contributed by atoms with Crippen LogP contribution in [0.2, 0.25) is 0 Å². The van der Waals surface area contributed by atoms with Gasteiger partial charge < -0.3 is 0 Å². The van der Waals surface area contributed by atoms with Gasteiger partial charge >= 0.3 is 0 Å².